The smallest absolute Gasteiger partial charge is 0.344 e. The van der Waals surface area contributed by atoms with Crippen LogP contribution in [0.4, 0.5) is 5.82 Å². The van der Waals surface area contributed by atoms with Crippen LogP contribution < -0.4 is 4.74 Å². The number of esters is 1. The maximum Gasteiger partial charge on any atom is 0.344 e. The molecule has 0 bridgehead atoms. The first kappa shape index (κ1) is 14.3. The highest BCUT2D eigenvalue weighted by molar-refractivity contribution is 6.12. The van der Waals surface area contributed by atoms with E-state index in [0.717, 1.165) is 5.57 Å². The number of rotatable bonds is 3. The van der Waals surface area contributed by atoms with Crippen molar-refractivity contribution < 1.29 is 19.4 Å². The van der Waals surface area contributed by atoms with Gasteiger partial charge in [-0.1, -0.05) is 6.07 Å². The zero-order valence-corrected chi connectivity index (χ0v) is 12.5. The molecule has 0 amide bonds. The highest BCUT2D eigenvalue weighted by Gasteiger charge is 2.45. The van der Waals surface area contributed by atoms with Crippen LogP contribution in [0, 0.1) is 6.42 Å². The summed E-state index contributed by atoms with van der Waals surface area (Å²) < 4.78 is 10.4. The predicted molar refractivity (Wildman–Crippen MR) is 80.1 cm³/mol. The SMILES string of the molecule is COc1cccc(N=CC2=C(O)C3=C([CH]3)C(C)(C)OC2=O)n1. The Morgan fingerprint density at radius 1 is 1.41 bits per heavy atom. The number of aliphatic hydroxyl groups is 1. The van der Waals surface area contributed by atoms with E-state index in [0.29, 0.717) is 17.3 Å². The molecule has 1 aliphatic heterocycles. The minimum Gasteiger partial charge on any atom is -0.507 e. The van der Waals surface area contributed by atoms with Gasteiger partial charge in [-0.3, -0.25) is 0 Å². The van der Waals surface area contributed by atoms with Crippen molar-refractivity contribution in [2.75, 3.05) is 7.11 Å². The van der Waals surface area contributed by atoms with E-state index in [9.17, 15) is 9.90 Å². The van der Waals surface area contributed by atoms with E-state index >= 15 is 0 Å². The van der Waals surface area contributed by atoms with Gasteiger partial charge in [-0.15, -0.1) is 0 Å². The summed E-state index contributed by atoms with van der Waals surface area (Å²) in [6.07, 6.45) is 3.05. The number of ether oxygens (including phenoxy) is 2. The quantitative estimate of drug-likeness (QED) is 0.685. The molecule has 0 saturated carbocycles. The van der Waals surface area contributed by atoms with Gasteiger partial charge in [0.2, 0.25) is 5.88 Å². The lowest BCUT2D eigenvalue weighted by Gasteiger charge is -2.21. The molecule has 0 aromatic carbocycles. The second kappa shape index (κ2) is 4.98. The van der Waals surface area contributed by atoms with Crippen LogP contribution in [0.15, 0.2) is 45.7 Å². The number of aliphatic hydroxyl groups excluding tert-OH is 1. The number of aliphatic imine (C=N–C) groups is 1. The predicted octanol–water partition coefficient (Wildman–Crippen LogP) is 2.45. The molecule has 1 N–H and O–H groups in total. The third-order valence-corrected chi connectivity index (χ3v) is 3.47. The second-order valence-electron chi connectivity index (χ2n) is 5.43. The molecular weight excluding hydrogens is 284 g/mol. The lowest BCUT2D eigenvalue weighted by atomic mass is 10.1. The van der Waals surface area contributed by atoms with Gasteiger partial charge in [-0.25, -0.2) is 9.79 Å². The molecule has 1 aliphatic carbocycles. The molecule has 0 fully saturated rings. The Labute approximate surface area is 127 Å². The van der Waals surface area contributed by atoms with Crippen LogP contribution >= 0.6 is 0 Å². The number of nitrogens with zero attached hydrogens (tertiary/aromatic N) is 2. The summed E-state index contributed by atoms with van der Waals surface area (Å²) in [5.41, 5.74) is 0.720. The van der Waals surface area contributed by atoms with Crippen LogP contribution in [0.3, 0.4) is 0 Å². The van der Waals surface area contributed by atoms with Gasteiger partial charge in [0, 0.05) is 24.3 Å². The normalized spacial score (nSPS) is 19.9. The van der Waals surface area contributed by atoms with E-state index in [1.165, 1.54) is 13.3 Å². The Morgan fingerprint density at radius 3 is 2.91 bits per heavy atom. The van der Waals surface area contributed by atoms with E-state index in [2.05, 4.69) is 9.98 Å². The van der Waals surface area contributed by atoms with E-state index < -0.39 is 11.6 Å². The van der Waals surface area contributed by atoms with Crippen molar-refractivity contribution >= 4 is 18.0 Å². The monoisotopic (exact) mass is 299 g/mol. The maximum absolute atomic E-state index is 12.1. The van der Waals surface area contributed by atoms with Crippen LogP contribution in [0.2, 0.25) is 0 Å². The molecule has 2 heterocycles. The standard InChI is InChI=1S/C16H15N2O4/c1-16(2)11-7-9(11)14(19)10(15(20)22-16)8-17-12-5-4-6-13(18-12)21-3/h4-8,19H,1-3H3. The lowest BCUT2D eigenvalue weighted by Crippen LogP contribution is -2.28. The first-order chi connectivity index (χ1) is 10.4. The highest BCUT2D eigenvalue weighted by Crippen LogP contribution is 2.46. The zero-order valence-electron chi connectivity index (χ0n) is 12.5. The minimum atomic E-state index is -0.746. The number of allylic oxidation sites excluding steroid dienone is 1. The molecule has 113 valence electrons. The molecule has 0 saturated heterocycles. The van der Waals surface area contributed by atoms with Crippen LogP contribution in [0.5, 0.6) is 5.88 Å². The fraction of sp³-hybridized carbons (Fsp3) is 0.250. The van der Waals surface area contributed by atoms with Gasteiger partial charge < -0.3 is 14.6 Å². The van der Waals surface area contributed by atoms with Gasteiger partial charge in [0.05, 0.1) is 7.11 Å². The molecule has 1 aromatic rings. The van der Waals surface area contributed by atoms with Gasteiger partial charge in [0.15, 0.2) is 5.82 Å². The van der Waals surface area contributed by atoms with Crippen LogP contribution in [-0.4, -0.2) is 35.0 Å². The number of hydrogen-bond donors (Lipinski definition) is 1. The van der Waals surface area contributed by atoms with E-state index in [4.69, 9.17) is 9.47 Å². The molecule has 3 rings (SSSR count). The molecular formula is C16H15N2O4. The Morgan fingerprint density at radius 2 is 2.18 bits per heavy atom. The largest absolute Gasteiger partial charge is 0.507 e. The first-order valence-electron chi connectivity index (χ1n) is 6.74. The first-order valence-corrected chi connectivity index (χ1v) is 6.74. The summed E-state index contributed by atoms with van der Waals surface area (Å²) in [6, 6.07) is 5.08. The second-order valence-corrected chi connectivity index (χ2v) is 5.43. The third kappa shape index (κ3) is 2.47. The van der Waals surface area contributed by atoms with Crippen molar-refractivity contribution in [1.29, 1.82) is 0 Å². The summed E-state index contributed by atoms with van der Waals surface area (Å²) in [7, 11) is 1.51. The maximum atomic E-state index is 12.1. The van der Waals surface area contributed by atoms with Crippen molar-refractivity contribution in [3.63, 3.8) is 0 Å². The number of methoxy groups -OCH3 is 1. The number of cyclic esters (lactones) is 1. The van der Waals surface area contributed by atoms with Gasteiger partial charge in [0.25, 0.3) is 0 Å². The summed E-state index contributed by atoms with van der Waals surface area (Å²) in [4.78, 5) is 20.4. The molecule has 22 heavy (non-hydrogen) atoms. The molecule has 1 aromatic heterocycles. The average molecular weight is 299 g/mol. The molecule has 6 nitrogen and oxygen atoms in total. The fourth-order valence-electron chi connectivity index (χ4n) is 2.22. The summed E-state index contributed by atoms with van der Waals surface area (Å²) in [5.74, 6) is 0.0508. The van der Waals surface area contributed by atoms with Gasteiger partial charge in [-0.05, 0) is 25.5 Å². The van der Waals surface area contributed by atoms with Crippen molar-refractivity contribution in [2.45, 2.75) is 19.4 Å². The summed E-state index contributed by atoms with van der Waals surface area (Å²) >= 11 is 0. The van der Waals surface area contributed by atoms with Gasteiger partial charge in [-0.2, -0.15) is 4.98 Å². The molecule has 2 aliphatic rings. The molecule has 1 radical (unpaired) electrons. The Bertz CT molecular complexity index is 744. The molecule has 0 spiro atoms. The molecule has 6 heteroatoms. The Kier molecular flexibility index (Phi) is 3.24. The number of hydrogen-bond acceptors (Lipinski definition) is 6. The highest BCUT2D eigenvalue weighted by atomic mass is 16.6. The van der Waals surface area contributed by atoms with Gasteiger partial charge in [0.1, 0.15) is 16.9 Å². The average Bonchev–Trinajstić information content (AvgIpc) is 3.28. The van der Waals surface area contributed by atoms with Crippen molar-refractivity contribution in [1.82, 2.24) is 4.98 Å². The Hall–Kier alpha value is -2.63. The van der Waals surface area contributed by atoms with E-state index in [1.54, 1.807) is 38.5 Å². The number of aromatic nitrogens is 1. The summed E-state index contributed by atoms with van der Waals surface area (Å²) in [5, 5.41) is 10.2. The van der Waals surface area contributed by atoms with Crippen molar-refractivity contribution in [3.8, 4) is 5.88 Å². The fourth-order valence-corrected chi connectivity index (χ4v) is 2.22. The molecule has 0 unspecified atom stereocenters. The van der Waals surface area contributed by atoms with Crippen molar-refractivity contribution in [3.05, 3.63) is 47.1 Å². The summed E-state index contributed by atoms with van der Waals surface area (Å²) in [6.45, 7) is 3.56. The topological polar surface area (TPSA) is 81.0 Å². The Balaban J connectivity index is 1.91. The minimum absolute atomic E-state index is 0.0106. The third-order valence-electron chi connectivity index (χ3n) is 3.47. The van der Waals surface area contributed by atoms with Crippen LogP contribution in [-0.2, 0) is 9.53 Å². The van der Waals surface area contributed by atoms with Crippen LogP contribution in [0.1, 0.15) is 13.8 Å². The lowest BCUT2D eigenvalue weighted by molar-refractivity contribution is -0.147. The number of pyridine rings is 1. The van der Waals surface area contributed by atoms with E-state index in [1.807, 2.05) is 0 Å². The van der Waals surface area contributed by atoms with Crippen LogP contribution in [0.25, 0.3) is 0 Å². The van der Waals surface area contributed by atoms with E-state index in [-0.39, 0.29) is 11.3 Å². The molecule has 0 atom stereocenters. The van der Waals surface area contributed by atoms with Gasteiger partial charge >= 0.3 is 5.97 Å². The van der Waals surface area contributed by atoms with Crippen molar-refractivity contribution in [2.24, 2.45) is 4.99 Å². The zero-order chi connectivity index (χ0) is 15.9. The number of carbonyl (C=O) groups excluding carboxylic acids is 1. The number of carbonyl (C=O) groups is 1.